The van der Waals surface area contributed by atoms with Crippen LogP contribution in [0.4, 0.5) is 0 Å². The highest BCUT2D eigenvalue weighted by atomic mass is 16.5. The summed E-state index contributed by atoms with van der Waals surface area (Å²) in [6, 6.07) is 17.8. The van der Waals surface area contributed by atoms with Crippen molar-refractivity contribution in [2.75, 3.05) is 20.2 Å². The Labute approximate surface area is 198 Å². The van der Waals surface area contributed by atoms with Crippen molar-refractivity contribution in [2.24, 2.45) is 0 Å². The quantitative estimate of drug-likeness (QED) is 0.611. The van der Waals surface area contributed by atoms with E-state index >= 15 is 0 Å². The topological polar surface area (TPSA) is 89.4 Å². The molecule has 1 spiro atoms. The Balaban J connectivity index is 1.34. The molecule has 1 aliphatic carbocycles. The lowest BCUT2D eigenvalue weighted by molar-refractivity contribution is -0.134. The maximum absolute atomic E-state index is 13.0. The molecule has 1 saturated heterocycles. The molecule has 0 saturated carbocycles. The number of likely N-dealkylation sites (tertiary alicyclic amines) is 1. The molecule has 34 heavy (non-hydrogen) atoms. The molecule has 3 aromatic rings. The molecule has 2 atom stereocenters. The van der Waals surface area contributed by atoms with Crippen molar-refractivity contribution in [1.82, 2.24) is 25.0 Å². The second-order valence-electron chi connectivity index (χ2n) is 9.08. The van der Waals surface area contributed by atoms with E-state index in [1.807, 2.05) is 47.4 Å². The Hall–Kier alpha value is -3.52. The fourth-order valence-corrected chi connectivity index (χ4v) is 5.64. The number of amides is 2. The SMILES string of the molecule is CO[C@@H]1[C@@H](NC(=O)Cc2ccccc2)c2ccccc2C12CCN(C(=O)Cn1cncn1)CC2. The van der Waals surface area contributed by atoms with Gasteiger partial charge in [0.2, 0.25) is 11.8 Å². The fourth-order valence-electron chi connectivity index (χ4n) is 5.64. The van der Waals surface area contributed by atoms with Crippen LogP contribution in [0.2, 0.25) is 0 Å². The van der Waals surface area contributed by atoms with Crippen molar-refractivity contribution in [2.45, 2.75) is 43.4 Å². The van der Waals surface area contributed by atoms with E-state index in [9.17, 15) is 9.59 Å². The summed E-state index contributed by atoms with van der Waals surface area (Å²) in [5.41, 5.74) is 3.06. The van der Waals surface area contributed by atoms with Gasteiger partial charge in [0.15, 0.2) is 0 Å². The third-order valence-electron chi connectivity index (χ3n) is 7.23. The molecule has 2 aromatic carbocycles. The number of benzene rings is 2. The van der Waals surface area contributed by atoms with Crippen LogP contribution in [0.5, 0.6) is 0 Å². The number of hydrogen-bond donors (Lipinski definition) is 1. The van der Waals surface area contributed by atoms with Crippen molar-refractivity contribution < 1.29 is 14.3 Å². The zero-order chi connectivity index (χ0) is 23.5. The minimum Gasteiger partial charge on any atom is -0.378 e. The van der Waals surface area contributed by atoms with Crippen LogP contribution in [0, 0.1) is 0 Å². The van der Waals surface area contributed by atoms with Crippen LogP contribution < -0.4 is 5.32 Å². The lowest BCUT2D eigenvalue weighted by Gasteiger charge is -2.44. The van der Waals surface area contributed by atoms with Gasteiger partial charge < -0.3 is 15.0 Å². The number of ether oxygens (including phenoxy) is 1. The number of carbonyl (C=O) groups is 2. The van der Waals surface area contributed by atoms with Crippen LogP contribution in [0.15, 0.2) is 67.3 Å². The highest BCUT2D eigenvalue weighted by Crippen LogP contribution is 2.52. The summed E-state index contributed by atoms with van der Waals surface area (Å²) in [5, 5.41) is 7.30. The zero-order valence-corrected chi connectivity index (χ0v) is 19.3. The summed E-state index contributed by atoms with van der Waals surface area (Å²) in [6.45, 7) is 1.45. The molecular formula is C26H29N5O3. The first kappa shape index (κ1) is 22.3. The van der Waals surface area contributed by atoms with Crippen LogP contribution in [0.1, 0.15) is 35.6 Å². The summed E-state index contributed by atoms with van der Waals surface area (Å²) in [7, 11) is 1.72. The fraction of sp³-hybridized carbons (Fsp3) is 0.385. The van der Waals surface area contributed by atoms with Crippen molar-refractivity contribution >= 4 is 11.8 Å². The maximum atomic E-state index is 13.0. The Morgan fingerprint density at radius 1 is 1.09 bits per heavy atom. The molecule has 176 valence electrons. The number of piperidine rings is 1. The van der Waals surface area contributed by atoms with Gasteiger partial charge in [-0.15, -0.1) is 0 Å². The number of nitrogens with zero attached hydrogens (tertiary/aromatic N) is 4. The lowest BCUT2D eigenvalue weighted by Crippen LogP contribution is -2.52. The van der Waals surface area contributed by atoms with E-state index in [0.29, 0.717) is 19.5 Å². The monoisotopic (exact) mass is 459 g/mol. The first-order valence-electron chi connectivity index (χ1n) is 11.7. The van der Waals surface area contributed by atoms with Gasteiger partial charge in [0.05, 0.1) is 18.6 Å². The number of hydrogen-bond acceptors (Lipinski definition) is 5. The predicted octanol–water partition coefficient (Wildman–Crippen LogP) is 2.27. The molecule has 2 aliphatic rings. The Kier molecular flexibility index (Phi) is 6.15. The highest BCUT2D eigenvalue weighted by molar-refractivity contribution is 5.79. The number of rotatable bonds is 6. The van der Waals surface area contributed by atoms with Gasteiger partial charge in [-0.1, -0.05) is 54.6 Å². The molecule has 1 aromatic heterocycles. The van der Waals surface area contributed by atoms with E-state index in [2.05, 4.69) is 27.5 Å². The average molecular weight is 460 g/mol. The van der Waals surface area contributed by atoms with Gasteiger partial charge in [0, 0.05) is 25.6 Å². The molecule has 1 fully saturated rings. The van der Waals surface area contributed by atoms with Crippen LogP contribution in [-0.2, 0) is 32.7 Å². The Morgan fingerprint density at radius 3 is 2.53 bits per heavy atom. The number of fused-ring (bicyclic) bond motifs is 2. The van der Waals surface area contributed by atoms with Crippen LogP contribution in [0.25, 0.3) is 0 Å². The van der Waals surface area contributed by atoms with Crippen molar-refractivity contribution in [1.29, 1.82) is 0 Å². The number of carbonyl (C=O) groups excluding carboxylic acids is 2. The molecule has 2 heterocycles. The van der Waals surface area contributed by atoms with Gasteiger partial charge in [0.1, 0.15) is 19.2 Å². The molecule has 0 radical (unpaired) electrons. The summed E-state index contributed by atoms with van der Waals surface area (Å²) in [6.07, 6.45) is 4.67. The smallest absolute Gasteiger partial charge is 0.244 e. The summed E-state index contributed by atoms with van der Waals surface area (Å²) in [4.78, 5) is 31.6. The molecule has 1 aliphatic heterocycles. The van der Waals surface area contributed by atoms with Crippen LogP contribution >= 0.6 is 0 Å². The normalized spacial score (nSPS) is 20.8. The molecule has 0 bridgehead atoms. The summed E-state index contributed by atoms with van der Waals surface area (Å²) >= 11 is 0. The van der Waals surface area contributed by atoms with Crippen LogP contribution in [0.3, 0.4) is 0 Å². The van der Waals surface area contributed by atoms with Crippen molar-refractivity contribution in [3.8, 4) is 0 Å². The minimum absolute atomic E-state index is 0.0226. The van der Waals surface area contributed by atoms with E-state index in [1.54, 1.807) is 18.1 Å². The maximum Gasteiger partial charge on any atom is 0.244 e. The van der Waals surface area contributed by atoms with Crippen molar-refractivity contribution in [3.63, 3.8) is 0 Å². The van der Waals surface area contributed by atoms with E-state index in [0.717, 1.165) is 24.0 Å². The Morgan fingerprint density at radius 2 is 1.82 bits per heavy atom. The highest BCUT2D eigenvalue weighted by Gasteiger charge is 2.54. The number of methoxy groups -OCH3 is 1. The first-order valence-corrected chi connectivity index (χ1v) is 11.7. The van der Waals surface area contributed by atoms with Gasteiger partial charge >= 0.3 is 0 Å². The van der Waals surface area contributed by atoms with E-state index in [1.165, 1.54) is 11.9 Å². The standard InChI is InChI=1S/C26H29N5O3/c1-34-25-24(29-22(32)15-19-7-3-2-4-8-19)20-9-5-6-10-21(20)26(25)11-13-30(14-12-26)23(33)16-31-18-27-17-28-31/h2-10,17-18,24-25H,11-16H2,1H3,(H,29,32)/t24-,25+/m0/s1. The molecule has 5 rings (SSSR count). The van der Waals surface area contributed by atoms with Gasteiger partial charge in [-0.05, 0) is 29.5 Å². The molecule has 8 nitrogen and oxygen atoms in total. The summed E-state index contributed by atoms with van der Waals surface area (Å²) < 4.78 is 7.64. The number of nitrogens with one attached hydrogen (secondary N) is 1. The second-order valence-corrected chi connectivity index (χ2v) is 9.08. The van der Waals surface area contributed by atoms with Gasteiger partial charge in [-0.25, -0.2) is 9.67 Å². The summed E-state index contributed by atoms with van der Waals surface area (Å²) in [5.74, 6) is 0.0128. The van der Waals surface area contributed by atoms with E-state index < -0.39 is 0 Å². The number of aromatic nitrogens is 3. The van der Waals surface area contributed by atoms with Gasteiger partial charge in [0.25, 0.3) is 0 Å². The second kappa shape index (κ2) is 9.38. The average Bonchev–Trinajstić information content (AvgIpc) is 3.45. The molecular weight excluding hydrogens is 430 g/mol. The third kappa shape index (κ3) is 4.09. The van der Waals surface area contributed by atoms with E-state index in [-0.39, 0.29) is 35.9 Å². The zero-order valence-electron chi connectivity index (χ0n) is 19.3. The van der Waals surface area contributed by atoms with Gasteiger partial charge in [-0.3, -0.25) is 9.59 Å². The molecule has 0 unspecified atom stereocenters. The van der Waals surface area contributed by atoms with Crippen molar-refractivity contribution in [3.05, 3.63) is 83.9 Å². The Bertz CT molecular complexity index is 1140. The molecule has 1 N–H and O–H groups in total. The minimum atomic E-state index is -0.250. The van der Waals surface area contributed by atoms with Crippen LogP contribution in [-0.4, -0.2) is 57.8 Å². The molecule has 2 amide bonds. The molecule has 8 heteroatoms. The van der Waals surface area contributed by atoms with Gasteiger partial charge in [-0.2, -0.15) is 5.10 Å². The third-order valence-corrected chi connectivity index (χ3v) is 7.23. The predicted molar refractivity (Wildman–Crippen MR) is 126 cm³/mol. The first-order chi connectivity index (χ1) is 16.6. The van der Waals surface area contributed by atoms with E-state index in [4.69, 9.17) is 4.74 Å². The lowest BCUT2D eigenvalue weighted by atomic mass is 9.72. The largest absolute Gasteiger partial charge is 0.378 e.